The van der Waals surface area contributed by atoms with Crippen LogP contribution in [-0.2, 0) is 16.8 Å². The molecule has 0 atom stereocenters. The van der Waals surface area contributed by atoms with Crippen molar-refractivity contribution in [1.82, 2.24) is 0 Å². The number of rotatable bonds is 5. The van der Waals surface area contributed by atoms with Crippen molar-refractivity contribution in [2.45, 2.75) is 25.9 Å². The maximum Gasteiger partial charge on any atom is 0.124 e. The molecule has 0 fully saturated rings. The molecule has 3 nitrogen and oxygen atoms in total. The molecule has 0 aliphatic rings. The van der Waals surface area contributed by atoms with Crippen molar-refractivity contribution in [3.8, 4) is 5.75 Å². The minimum Gasteiger partial charge on any atom is -0.496 e. The summed E-state index contributed by atoms with van der Waals surface area (Å²) < 4.78 is 11.6. The van der Waals surface area contributed by atoms with E-state index in [0.29, 0.717) is 6.61 Å². The average Bonchev–Trinajstić information content (AvgIpc) is 2.28. The molecule has 0 aromatic heterocycles. The number of aliphatic hydroxyl groups is 1. The third-order valence-electron chi connectivity index (χ3n) is 2.74. The predicted molar refractivity (Wildman–Crippen MR) is 71.5 cm³/mol. The quantitative estimate of drug-likeness (QED) is 0.909. The zero-order valence-electron chi connectivity index (χ0n) is 10.7. The lowest BCUT2D eigenvalue weighted by Gasteiger charge is -2.27. The maximum absolute atomic E-state index is 9.52. The monoisotopic (exact) mass is 302 g/mol. The second-order valence-corrected chi connectivity index (χ2v) is 5.53. The van der Waals surface area contributed by atoms with Crippen LogP contribution in [0.1, 0.15) is 25.0 Å². The van der Waals surface area contributed by atoms with Gasteiger partial charge in [-0.05, 0) is 17.7 Å². The number of aliphatic hydroxyl groups excluding tert-OH is 1. The van der Waals surface area contributed by atoms with Crippen molar-refractivity contribution >= 4 is 15.9 Å². The van der Waals surface area contributed by atoms with Gasteiger partial charge in [0.15, 0.2) is 0 Å². The highest BCUT2D eigenvalue weighted by Crippen LogP contribution is 2.37. The minimum atomic E-state index is -0.361. The summed E-state index contributed by atoms with van der Waals surface area (Å²) in [6, 6.07) is 3.91. The molecular weight excluding hydrogens is 284 g/mol. The molecular formula is C13H19BrO3. The number of ether oxygens (including phenoxy) is 2. The van der Waals surface area contributed by atoms with Crippen LogP contribution in [0.5, 0.6) is 5.75 Å². The average molecular weight is 303 g/mol. The second kappa shape index (κ2) is 5.85. The topological polar surface area (TPSA) is 38.7 Å². The van der Waals surface area contributed by atoms with Crippen LogP contribution >= 0.6 is 15.9 Å². The molecule has 4 heteroatoms. The summed E-state index contributed by atoms with van der Waals surface area (Å²) in [7, 11) is 3.29. The van der Waals surface area contributed by atoms with E-state index < -0.39 is 0 Å². The fourth-order valence-corrected chi connectivity index (χ4v) is 2.40. The Bertz CT molecular complexity index is 388. The van der Waals surface area contributed by atoms with Crippen molar-refractivity contribution in [2.75, 3.05) is 20.8 Å². The zero-order chi connectivity index (χ0) is 13.1. The Morgan fingerprint density at radius 1 is 1.29 bits per heavy atom. The van der Waals surface area contributed by atoms with Crippen LogP contribution in [0, 0.1) is 0 Å². The molecule has 0 bridgehead atoms. The van der Waals surface area contributed by atoms with Gasteiger partial charge in [0, 0.05) is 22.6 Å². The molecule has 1 aromatic carbocycles. The van der Waals surface area contributed by atoms with E-state index in [2.05, 4.69) is 15.9 Å². The van der Waals surface area contributed by atoms with E-state index in [4.69, 9.17) is 9.47 Å². The number of hydrogen-bond donors (Lipinski definition) is 1. The van der Waals surface area contributed by atoms with Crippen LogP contribution < -0.4 is 4.74 Å². The van der Waals surface area contributed by atoms with Crippen LogP contribution in [0.4, 0.5) is 0 Å². The van der Waals surface area contributed by atoms with Crippen LogP contribution in [0.25, 0.3) is 0 Å². The first kappa shape index (κ1) is 14.5. The molecule has 96 valence electrons. The lowest BCUT2D eigenvalue weighted by atomic mass is 9.82. The third kappa shape index (κ3) is 3.21. The predicted octanol–water partition coefficient (Wildman–Crippen LogP) is 2.87. The van der Waals surface area contributed by atoms with E-state index in [9.17, 15) is 5.11 Å². The lowest BCUT2D eigenvalue weighted by Crippen LogP contribution is -2.25. The number of halogens is 1. The molecule has 1 rings (SSSR count). The van der Waals surface area contributed by atoms with Gasteiger partial charge in [0.25, 0.3) is 0 Å². The van der Waals surface area contributed by atoms with E-state index >= 15 is 0 Å². The molecule has 0 saturated carbocycles. The van der Waals surface area contributed by atoms with Crippen LogP contribution in [0.2, 0.25) is 0 Å². The normalized spacial score (nSPS) is 11.6. The van der Waals surface area contributed by atoms with Gasteiger partial charge >= 0.3 is 0 Å². The van der Waals surface area contributed by atoms with Crippen LogP contribution in [0.3, 0.4) is 0 Å². The summed E-state index contributed by atoms with van der Waals surface area (Å²) in [4.78, 5) is 0. The molecule has 0 unspecified atom stereocenters. The first-order chi connectivity index (χ1) is 7.96. The minimum absolute atomic E-state index is 0.0572. The summed E-state index contributed by atoms with van der Waals surface area (Å²) in [5.74, 6) is 0.769. The standard InChI is InChI=1S/C13H19BrO3/c1-13(2,8-15)12-9(7-16-3)5-10(14)6-11(12)17-4/h5-6,15H,7-8H2,1-4H3. The second-order valence-electron chi connectivity index (χ2n) is 4.62. The van der Waals surface area contributed by atoms with E-state index in [-0.39, 0.29) is 12.0 Å². The molecule has 0 amide bonds. The van der Waals surface area contributed by atoms with E-state index in [1.54, 1.807) is 14.2 Å². The Labute approximate surface area is 111 Å². The van der Waals surface area contributed by atoms with Gasteiger partial charge in [0.05, 0.1) is 20.3 Å². The van der Waals surface area contributed by atoms with Crippen molar-refractivity contribution in [2.24, 2.45) is 0 Å². The van der Waals surface area contributed by atoms with Gasteiger partial charge in [-0.15, -0.1) is 0 Å². The highest BCUT2D eigenvalue weighted by Gasteiger charge is 2.27. The van der Waals surface area contributed by atoms with Crippen LogP contribution in [0.15, 0.2) is 16.6 Å². The van der Waals surface area contributed by atoms with Gasteiger partial charge in [-0.25, -0.2) is 0 Å². The van der Waals surface area contributed by atoms with Crippen LogP contribution in [-0.4, -0.2) is 25.9 Å². The number of methoxy groups -OCH3 is 2. The summed E-state index contributed by atoms with van der Waals surface area (Å²) >= 11 is 3.45. The van der Waals surface area contributed by atoms with Crippen molar-refractivity contribution in [3.05, 3.63) is 27.7 Å². The summed E-state index contributed by atoms with van der Waals surface area (Å²) in [6.07, 6.45) is 0. The van der Waals surface area contributed by atoms with Gasteiger partial charge in [-0.2, -0.15) is 0 Å². The number of benzene rings is 1. The Balaban J connectivity index is 3.41. The van der Waals surface area contributed by atoms with Gasteiger partial charge in [0.1, 0.15) is 5.75 Å². The van der Waals surface area contributed by atoms with Gasteiger partial charge < -0.3 is 14.6 Å². The Morgan fingerprint density at radius 3 is 2.41 bits per heavy atom. The first-order valence-corrected chi connectivity index (χ1v) is 6.22. The Morgan fingerprint density at radius 2 is 1.94 bits per heavy atom. The van der Waals surface area contributed by atoms with Crippen molar-refractivity contribution in [3.63, 3.8) is 0 Å². The maximum atomic E-state index is 9.52. The van der Waals surface area contributed by atoms with E-state index in [0.717, 1.165) is 21.3 Å². The highest BCUT2D eigenvalue weighted by molar-refractivity contribution is 9.10. The molecule has 0 saturated heterocycles. The van der Waals surface area contributed by atoms with Crippen molar-refractivity contribution in [1.29, 1.82) is 0 Å². The third-order valence-corrected chi connectivity index (χ3v) is 3.20. The Hall–Kier alpha value is -0.580. The van der Waals surface area contributed by atoms with Gasteiger partial charge in [-0.1, -0.05) is 29.8 Å². The largest absolute Gasteiger partial charge is 0.496 e. The van der Waals surface area contributed by atoms with Crippen molar-refractivity contribution < 1.29 is 14.6 Å². The molecule has 0 heterocycles. The van der Waals surface area contributed by atoms with E-state index in [1.807, 2.05) is 26.0 Å². The molecule has 0 aliphatic heterocycles. The highest BCUT2D eigenvalue weighted by atomic mass is 79.9. The van der Waals surface area contributed by atoms with E-state index in [1.165, 1.54) is 0 Å². The summed E-state index contributed by atoms with van der Waals surface area (Å²) in [5.41, 5.74) is 1.66. The summed E-state index contributed by atoms with van der Waals surface area (Å²) in [6.45, 7) is 4.52. The summed E-state index contributed by atoms with van der Waals surface area (Å²) in [5, 5.41) is 9.52. The lowest BCUT2D eigenvalue weighted by molar-refractivity contribution is 0.177. The molecule has 1 N–H and O–H groups in total. The molecule has 0 radical (unpaired) electrons. The van der Waals surface area contributed by atoms with Gasteiger partial charge in [0.2, 0.25) is 0 Å². The molecule has 17 heavy (non-hydrogen) atoms. The first-order valence-electron chi connectivity index (χ1n) is 5.43. The fourth-order valence-electron chi connectivity index (χ4n) is 1.91. The zero-order valence-corrected chi connectivity index (χ0v) is 12.3. The number of hydrogen-bond acceptors (Lipinski definition) is 3. The smallest absolute Gasteiger partial charge is 0.124 e. The Kier molecular flexibility index (Phi) is 4.98. The fraction of sp³-hybridized carbons (Fsp3) is 0.538. The van der Waals surface area contributed by atoms with Gasteiger partial charge in [-0.3, -0.25) is 0 Å². The molecule has 1 aromatic rings. The SMILES string of the molecule is COCc1cc(Br)cc(OC)c1C(C)(C)CO. The molecule has 0 spiro atoms. The molecule has 0 aliphatic carbocycles.